The fourth-order valence-electron chi connectivity index (χ4n) is 2.04. The zero-order valence-corrected chi connectivity index (χ0v) is 11.7. The predicted molar refractivity (Wildman–Crippen MR) is 74.5 cm³/mol. The number of hydrogen-bond acceptors (Lipinski definition) is 1. The molecule has 1 rings (SSSR count). The summed E-state index contributed by atoms with van der Waals surface area (Å²) in [6.45, 7) is 2.18. The molecule has 1 nitrogen and oxygen atoms in total. The molecule has 0 amide bonds. The maximum absolute atomic E-state index is 13.0. The van der Waals surface area contributed by atoms with Crippen molar-refractivity contribution in [3.63, 3.8) is 0 Å². The average molecular weight is 273 g/mol. The molecule has 0 spiro atoms. The van der Waals surface area contributed by atoms with Gasteiger partial charge in [-0.3, -0.25) is 0 Å². The van der Waals surface area contributed by atoms with Crippen molar-refractivity contribution in [1.82, 2.24) is 0 Å². The van der Waals surface area contributed by atoms with E-state index in [0.717, 1.165) is 19.3 Å². The van der Waals surface area contributed by atoms with E-state index in [2.05, 4.69) is 6.92 Å². The summed E-state index contributed by atoms with van der Waals surface area (Å²) in [6.07, 6.45) is 6.65. The van der Waals surface area contributed by atoms with Gasteiger partial charge in [-0.15, -0.1) is 0 Å². The first kappa shape index (κ1) is 15.5. The molecule has 1 atom stereocenters. The summed E-state index contributed by atoms with van der Waals surface area (Å²) in [5.74, 6) is -0.301. The Morgan fingerprint density at radius 1 is 1.22 bits per heavy atom. The van der Waals surface area contributed by atoms with Crippen molar-refractivity contribution < 1.29 is 9.50 Å². The fraction of sp³-hybridized carbons (Fsp3) is 0.600. The van der Waals surface area contributed by atoms with Crippen LogP contribution in [-0.2, 0) is 6.42 Å². The molecule has 0 saturated carbocycles. The van der Waals surface area contributed by atoms with E-state index in [4.69, 9.17) is 11.6 Å². The number of aliphatic hydroxyl groups is 1. The van der Waals surface area contributed by atoms with Crippen LogP contribution in [0.15, 0.2) is 18.2 Å². The number of benzene rings is 1. The highest BCUT2D eigenvalue weighted by atomic mass is 35.5. The van der Waals surface area contributed by atoms with Crippen molar-refractivity contribution >= 4 is 11.6 Å². The topological polar surface area (TPSA) is 20.2 Å². The van der Waals surface area contributed by atoms with E-state index in [0.29, 0.717) is 17.0 Å². The molecule has 0 aliphatic carbocycles. The highest BCUT2D eigenvalue weighted by molar-refractivity contribution is 6.31. The zero-order valence-electron chi connectivity index (χ0n) is 11.0. The molecule has 0 aromatic heterocycles. The van der Waals surface area contributed by atoms with Gasteiger partial charge in [0.1, 0.15) is 5.82 Å². The van der Waals surface area contributed by atoms with Gasteiger partial charge in [0.05, 0.1) is 6.10 Å². The monoisotopic (exact) mass is 272 g/mol. The van der Waals surface area contributed by atoms with Gasteiger partial charge in [-0.25, -0.2) is 4.39 Å². The Balaban J connectivity index is 2.30. The van der Waals surface area contributed by atoms with Crippen LogP contribution in [0.5, 0.6) is 0 Å². The summed E-state index contributed by atoms with van der Waals surface area (Å²) in [7, 11) is 0. The maximum atomic E-state index is 13.0. The van der Waals surface area contributed by atoms with E-state index in [1.165, 1.54) is 31.4 Å². The van der Waals surface area contributed by atoms with Gasteiger partial charge in [0.15, 0.2) is 0 Å². The minimum atomic E-state index is -0.425. The minimum Gasteiger partial charge on any atom is -0.393 e. The molecule has 0 aliphatic rings. The predicted octanol–water partition coefficient (Wildman–Crippen LogP) is 4.74. The highest BCUT2D eigenvalue weighted by Gasteiger charge is 2.09. The van der Waals surface area contributed by atoms with Crippen LogP contribution in [0.3, 0.4) is 0 Å². The second kappa shape index (κ2) is 8.49. The lowest BCUT2D eigenvalue weighted by Gasteiger charge is -2.11. The molecule has 1 unspecified atom stereocenters. The van der Waals surface area contributed by atoms with Crippen LogP contribution in [0.2, 0.25) is 5.02 Å². The van der Waals surface area contributed by atoms with Crippen LogP contribution in [-0.4, -0.2) is 11.2 Å². The van der Waals surface area contributed by atoms with Crippen LogP contribution >= 0.6 is 11.6 Å². The second-order valence-electron chi connectivity index (χ2n) is 4.80. The third-order valence-electron chi connectivity index (χ3n) is 3.10. The Hall–Kier alpha value is -0.600. The van der Waals surface area contributed by atoms with Crippen molar-refractivity contribution in [2.75, 3.05) is 0 Å². The molecule has 102 valence electrons. The fourth-order valence-corrected chi connectivity index (χ4v) is 2.23. The Bertz CT molecular complexity index is 354. The van der Waals surface area contributed by atoms with Gasteiger partial charge < -0.3 is 5.11 Å². The smallest absolute Gasteiger partial charge is 0.123 e. The molecule has 0 heterocycles. The van der Waals surface area contributed by atoms with Gasteiger partial charge in [0.25, 0.3) is 0 Å². The van der Waals surface area contributed by atoms with Crippen molar-refractivity contribution in [3.8, 4) is 0 Å². The van der Waals surface area contributed by atoms with Gasteiger partial charge in [0.2, 0.25) is 0 Å². The molecular formula is C15H22ClFO. The zero-order chi connectivity index (χ0) is 13.4. The third kappa shape index (κ3) is 5.83. The summed E-state index contributed by atoms with van der Waals surface area (Å²) in [5, 5.41) is 10.4. The van der Waals surface area contributed by atoms with Gasteiger partial charge in [-0.2, -0.15) is 0 Å². The molecule has 1 aromatic carbocycles. The largest absolute Gasteiger partial charge is 0.393 e. The van der Waals surface area contributed by atoms with Crippen molar-refractivity contribution in [2.45, 2.75) is 58.0 Å². The summed E-state index contributed by atoms with van der Waals surface area (Å²) in [4.78, 5) is 0. The average Bonchev–Trinajstić information content (AvgIpc) is 2.33. The molecule has 0 saturated heterocycles. The number of aliphatic hydroxyl groups excluding tert-OH is 1. The van der Waals surface area contributed by atoms with E-state index in [9.17, 15) is 9.50 Å². The quantitative estimate of drug-likeness (QED) is 0.678. The molecule has 0 bridgehead atoms. The van der Waals surface area contributed by atoms with Crippen molar-refractivity contribution in [1.29, 1.82) is 0 Å². The van der Waals surface area contributed by atoms with Crippen LogP contribution in [0.25, 0.3) is 0 Å². The number of rotatable bonds is 8. The van der Waals surface area contributed by atoms with Crippen LogP contribution in [0.4, 0.5) is 4.39 Å². The highest BCUT2D eigenvalue weighted by Crippen LogP contribution is 2.20. The van der Waals surface area contributed by atoms with Crippen LogP contribution in [0.1, 0.15) is 51.0 Å². The Kier molecular flexibility index (Phi) is 7.29. The summed E-state index contributed by atoms with van der Waals surface area (Å²) >= 11 is 5.97. The standard InChI is InChI=1S/C15H22ClFO/c1-2-3-4-5-6-7-14(18)11-12-10-13(17)8-9-15(12)16/h8-10,14,18H,2-7,11H2,1H3. The molecule has 0 radical (unpaired) electrons. The first-order chi connectivity index (χ1) is 8.63. The number of hydrogen-bond donors (Lipinski definition) is 1. The lowest BCUT2D eigenvalue weighted by molar-refractivity contribution is 0.161. The number of halogens is 2. The summed E-state index contributed by atoms with van der Waals surface area (Å²) < 4.78 is 13.0. The van der Waals surface area contributed by atoms with E-state index in [1.807, 2.05) is 0 Å². The maximum Gasteiger partial charge on any atom is 0.123 e. The SMILES string of the molecule is CCCCCCCC(O)Cc1cc(F)ccc1Cl. The van der Waals surface area contributed by atoms with Crippen molar-refractivity contribution in [3.05, 3.63) is 34.6 Å². The van der Waals surface area contributed by atoms with Crippen molar-refractivity contribution in [2.24, 2.45) is 0 Å². The molecule has 1 aromatic rings. The first-order valence-electron chi connectivity index (χ1n) is 6.75. The lowest BCUT2D eigenvalue weighted by atomic mass is 10.0. The Labute approximate surface area is 114 Å². The summed E-state index contributed by atoms with van der Waals surface area (Å²) in [5.41, 5.74) is 0.692. The van der Waals surface area contributed by atoms with Gasteiger partial charge in [0, 0.05) is 5.02 Å². The van der Waals surface area contributed by atoms with Crippen LogP contribution < -0.4 is 0 Å². The van der Waals surface area contributed by atoms with Gasteiger partial charge in [-0.05, 0) is 36.6 Å². The first-order valence-corrected chi connectivity index (χ1v) is 7.13. The third-order valence-corrected chi connectivity index (χ3v) is 3.47. The molecular weight excluding hydrogens is 251 g/mol. The molecule has 0 aliphatic heterocycles. The summed E-state index contributed by atoms with van der Waals surface area (Å²) in [6, 6.07) is 4.28. The Morgan fingerprint density at radius 2 is 1.94 bits per heavy atom. The van der Waals surface area contributed by atoms with Crippen LogP contribution in [0, 0.1) is 5.82 Å². The minimum absolute atomic E-state index is 0.301. The normalized spacial score (nSPS) is 12.7. The van der Waals surface area contributed by atoms with Gasteiger partial charge in [-0.1, -0.05) is 50.6 Å². The second-order valence-corrected chi connectivity index (χ2v) is 5.20. The number of unbranched alkanes of at least 4 members (excludes halogenated alkanes) is 4. The van der Waals surface area contributed by atoms with E-state index >= 15 is 0 Å². The lowest BCUT2D eigenvalue weighted by Crippen LogP contribution is -2.10. The van der Waals surface area contributed by atoms with Gasteiger partial charge >= 0.3 is 0 Å². The molecule has 3 heteroatoms. The molecule has 18 heavy (non-hydrogen) atoms. The van der Waals surface area contributed by atoms with E-state index in [1.54, 1.807) is 6.07 Å². The van der Waals surface area contributed by atoms with E-state index in [-0.39, 0.29) is 5.82 Å². The van der Waals surface area contributed by atoms with E-state index < -0.39 is 6.10 Å². The molecule has 0 fully saturated rings. The Morgan fingerprint density at radius 3 is 2.67 bits per heavy atom. The molecule has 1 N–H and O–H groups in total.